The Balaban J connectivity index is 1.84. The predicted molar refractivity (Wildman–Crippen MR) is 79.2 cm³/mol. The highest BCUT2D eigenvalue weighted by molar-refractivity contribution is 5.78. The van der Waals surface area contributed by atoms with Crippen LogP contribution < -0.4 is 5.32 Å². The maximum absolute atomic E-state index is 4.37. The zero-order chi connectivity index (χ0) is 13.3. The smallest absolute Gasteiger partial charge is 0.0907 e. The second kappa shape index (κ2) is 4.80. The van der Waals surface area contributed by atoms with Crippen molar-refractivity contribution in [2.24, 2.45) is 5.41 Å². The molecule has 0 aliphatic heterocycles. The average molecular weight is 255 g/mol. The topological polar surface area (TPSA) is 37.8 Å². The second-order valence-corrected chi connectivity index (χ2v) is 6.19. The van der Waals surface area contributed by atoms with Gasteiger partial charge in [-0.05, 0) is 36.5 Å². The number of aromatic nitrogens is 2. The molecule has 0 amide bonds. The summed E-state index contributed by atoms with van der Waals surface area (Å²) in [6.45, 7) is 4.73. The monoisotopic (exact) mass is 255 g/mol. The first-order valence-corrected chi connectivity index (χ1v) is 7.12. The third-order valence-electron chi connectivity index (χ3n) is 4.32. The van der Waals surface area contributed by atoms with Crippen molar-refractivity contribution in [3.8, 4) is 0 Å². The van der Waals surface area contributed by atoms with Crippen LogP contribution in [-0.2, 0) is 0 Å². The molecule has 1 atom stereocenters. The molecule has 19 heavy (non-hydrogen) atoms. The molecular weight excluding hydrogens is 234 g/mol. The van der Waals surface area contributed by atoms with E-state index in [1.807, 2.05) is 6.07 Å². The first kappa shape index (κ1) is 12.4. The van der Waals surface area contributed by atoms with Crippen molar-refractivity contribution in [1.29, 1.82) is 0 Å². The van der Waals surface area contributed by atoms with Gasteiger partial charge in [-0.15, -0.1) is 0 Å². The fourth-order valence-electron chi connectivity index (χ4n) is 3.02. The minimum atomic E-state index is 0.371. The zero-order valence-electron chi connectivity index (χ0n) is 11.7. The van der Waals surface area contributed by atoms with E-state index in [2.05, 4.69) is 41.3 Å². The van der Waals surface area contributed by atoms with Crippen molar-refractivity contribution in [3.05, 3.63) is 30.6 Å². The molecule has 0 bridgehead atoms. The first-order chi connectivity index (χ1) is 9.15. The van der Waals surface area contributed by atoms with Gasteiger partial charge in [-0.2, -0.15) is 0 Å². The van der Waals surface area contributed by atoms with Gasteiger partial charge in [0.05, 0.1) is 11.0 Å². The second-order valence-electron chi connectivity index (χ2n) is 6.19. The van der Waals surface area contributed by atoms with E-state index in [0.717, 1.165) is 16.7 Å². The van der Waals surface area contributed by atoms with Crippen LogP contribution in [0.1, 0.15) is 39.5 Å². The highest BCUT2D eigenvalue weighted by Crippen LogP contribution is 2.37. The lowest BCUT2D eigenvalue weighted by atomic mass is 9.73. The Kier molecular flexibility index (Phi) is 3.13. The van der Waals surface area contributed by atoms with Crippen molar-refractivity contribution >= 4 is 16.7 Å². The Bertz CT molecular complexity index is 577. The van der Waals surface area contributed by atoms with Crippen molar-refractivity contribution < 1.29 is 0 Å². The van der Waals surface area contributed by atoms with Crippen molar-refractivity contribution in [2.45, 2.75) is 45.6 Å². The van der Waals surface area contributed by atoms with Gasteiger partial charge in [-0.1, -0.05) is 26.7 Å². The molecule has 1 heterocycles. The molecule has 1 fully saturated rings. The van der Waals surface area contributed by atoms with Crippen LogP contribution in [0.3, 0.4) is 0 Å². The van der Waals surface area contributed by atoms with Gasteiger partial charge >= 0.3 is 0 Å². The van der Waals surface area contributed by atoms with Gasteiger partial charge in [0, 0.05) is 24.1 Å². The van der Waals surface area contributed by atoms with E-state index < -0.39 is 0 Å². The van der Waals surface area contributed by atoms with Gasteiger partial charge in [0.2, 0.25) is 0 Å². The number of hydrogen-bond donors (Lipinski definition) is 1. The summed E-state index contributed by atoms with van der Waals surface area (Å²) in [5.41, 5.74) is 3.44. The van der Waals surface area contributed by atoms with Crippen LogP contribution in [0.15, 0.2) is 30.6 Å². The number of anilines is 1. The lowest BCUT2D eigenvalue weighted by Gasteiger charge is -2.39. The van der Waals surface area contributed by atoms with Crippen LogP contribution in [-0.4, -0.2) is 16.0 Å². The lowest BCUT2D eigenvalue weighted by Crippen LogP contribution is -2.38. The Morgan fingerprint density at radius 1 is 1.11 bits per heavy atom. The van der Waals surface area contributed by atoms with Gasteiger partial charge in [-0.25, -0.2) is 0 Å². The van der Waals surface area contributed by atoms with Crippen LogP contribution >= 0.6 is 0 Å². The summed E-state index contributed by atoms with van der Waals surface area (Å²) < 4.78 is 0. The summed E-state index contributed by atoms with van der Waals surface area (Å²) in [6, 6.07) is 6.81. The standard InChI is InChI=1S/C16H21N3/c1-16(2)8-4-3-5-15(16)19-12-6-7-13-14(11-12)18-10-9-17-13/h6-7,9-11,15,19H,3-5,8H2,1-2H3. The normalized spacial score (nSPS) is 22.3. The molecule has 0 radical (unpaired) electrons. The zero-order valence-corrected chi connectivity index (χ0v) is 11.7. The van der Waals surface area contributed by atoms with Crippen LogP contribution in [0.4, 0.5) is 5.69 Å². The van der Waals surface area contributed by atoms with E-state index in [1.54, 1.807) is 12.4 Å². The minimum Gasteiger partial charge on any atom is -0.382 e. The van der Waals surface area contributed by atoms with E-state index in [-0.39, 0.29) is 0 Å². The minimum absolute atomic E-state index is 0.371. The summed E-state index contributed by atoms with van der Waals surface area (Å²) in [4.78, 5) is 8.68. The van der Waals surface area contributed by atoms with Crippen molar-refractivity contribution in [1.82, 2.24) is 9.97 Å². The molecule has 1 N–H and O–H groups in total. The predicted octanol–water partition coefficient (Wildman–Crippen LogP) is 4.01. The van der Waals surface area contributed by atoms with Gasteiger partial charge in [0.1, 0.15) is 0 Å². The summed E-state index contributed by atoms with van der Waals surface area (Å²) >= 11 is 0. The fraction of sp³-hybridized carbons (Fsp3) is 0.500. The van der Waals surface area contributed by atoms with Gasteiger partial charge < -0.3 is 5.32 Å². The van der Waals surface area contributed by atoms with E-state index in [1.165, 1.54) is 25.7 Å². The molecule has 0 saturated heterocycles. The van der Waals surface area contributed by atoms with E-state index >= 15 is 0 Å². The number of rotatable bonds is 2. The molecule has 3 rings (SSSR count). The van der Waals surface area contributed by atoms with Crippen LogP contribution in [0, 0.1) is 5.41 Å². The summed E-state index contributed by atoms with van der Waals surface area (Å²) in [6.07, 6.45) is 8.72. The maximum Gasteiger partial charge on any atom is 0.0907 e. The molecule has 0 spiro atoms. The Hall–Kier alpha value is -1.64. The first-order valence-electron chi connectivity index (χ1n) is 7.12. The molecule has 1 aliphatic rings. The Morgan fingerprint density at radius 3 is 2.68 bits per heavy atom. The number of benzene rings is 1. The van der Waals surface area contributed by atoms with Gasteiger partial charge in [0.25, 0.3) is 0 Å². The molecule has 1 saturated carbocycles. The van der Waals surface area contributed by atoms with Gasteiger partial charge in [-0.3, -0.25) is 9.97 Å². The van der Waals surface area contributed by atoms with Crippen molar-refractivity contribution in [3.63, 3.8) is 0 Å². The quantitative estimate of drug-likeness (QED) is 0.881. The molecule has 1 aromatic heterocycles. The third-order valence-corrected chi connectivity index (χ3v) is 4.32. The molecule has 1 aromatic carbocycles. The average Bonchev–Trinajstić information content (AvgIpc) is 2.41. The molecule has 3 heteroatoms. The maximum atomic E-state index is 4.37. The summed E-state index contributed by atoms with van der Waals surface area (Å²) in [5.74, 6) is 0. The highest BCUT2D eigenvalue weighted by atomic mass is 14.9. The van der Waals surface area contributed by atoms with Crippen LogP contribution in [0.25, 0.3) is 11.0 Å². The molecule has 1 aliphatic carbocycles. The third kappa shape index (κ3) is 2.55. The Morgan fingerprint density at radius 2 is 1.89 bits per heavy atom. The molecule has 1 unspecified atom stereocenters. The SMILES string of the molecule is CC1(C)CCCCC1Nc1ccc2nccnc2c1. The fourth-order valence-corrected chi connectivity index (χ4v) is 3.02. The van der Waals surface area contributed by atoms with Gasteiger partial charge in [0.15, 0.2) is 0 Å². The molecule has 3 nitrogen and oxygen atoms in total. The van der Waals surface area contributed by atoms with E-state index in [9.17, 15) is 0 Å². The lowest BCUT2D eigenvalue weighted by molar-refractivity contribution is 0.217. The number of fused-ring (bicyclic) bond motifs is 1. The number of nitrogens with one attached hydrogen (secondary N) is 1. The summed E-state index contributed by atoms with van der Waals surface area (Å²) in [7, 11) is 0. The van der Waals surface area contributed by atoms with E-state index in [0.29, 0.717) is 11.5 Å². The largest absolute Gasteiger partial charge is 0.382 e. The van der Waals surface area contributed by atoms with Crippen LogP contribution in [0.2, 0.25) is 0 Å². The van der Waals surface area contributed by atoms with Crippen molar-refractivity contribution in [2.75, 3.05) is 5.32 Å². The molecule has 2 aromatic rings. The summed E-state index contributed by atoms with van der Waals surface area (Å²) in [5, 5.41) is 3.70. The van der Waals surface area contributed by atoms with Crippen LogP contribution in [0.5, 0.6) is 0 Å². The number of hydrogen-bond acceptors (Lipinski definition) is 3. The molecule has 100 valence electrons. The highest BCUT2D eigenvalue weighted by Gasteiger charge is 2.31. The van der Waals surface area contributed by atoms with E-state index in [4.69, 9.17) is 0 Å². The molecular formula is C16H21N3. The number of nitrogens with zero attached hydrogens (tertiary/aromatic N) is 2. The Labute approximate surface area is 114 Å².